The van der Waals surface area contributed by atoms with E-state index in [1.807, 2.05) is 18.2 Å². The van der Waals surface area contributed by atoms with Crippen LogP contribution in [0.15, 0.2) is 43.0 Å². The molecule has 1 aliphatic carbocycles. The molecule has 0 amide bonds. The molecule has 4 rings (SSSR count). The van der Waals surface area contributed by atoms with E-state index in [0.29, 0.717) is 12.0 Å². The molecule has 1 heterocycles. The van der Waals surface area contributed by atoms with Gasteiger partial charge >= 0.3 is 0 Å². The topological polar surface area (TPSA) is 73.9 Å². The van der Waals surface area contributed by atoms with Crippen LogP contribution in [0.4, 0.5) is 5.69 Å². The van der Waals surface area contributed by atoms with Gasteiger partial charge in [-0.3, -0.25) is 0 Å². The number of hydrogen-bond donors (Lipinski definition) is 3. The maximum atomic E-state index is 9.52. The van der Waals surface area contributed by atoms with Gasteiger partial charge in [-0.1, -0.05) is 24.8 Å². The van der Waals surface area contributed by atoms with Crippen molar-refractivity contribution in [3.8, 4) is 17.2 Å². The van der Waals surface area contributed by atoms with Crippen LogP contribution in [-0.4, -0.2) is 19.1 Å². The summed E-state index contributed by atoms with van der Waals surface area (Å²) in [6.45, 7) is 5.92. The first kappa shape index (κ1) is 19.3. The molecule has 4 N–H and O–H groups in total. The molecule has 0 spiro atoms. The Hall–Kier alpha value is -3.03. The molecular weight excluding hydrogens is 356 g/mol. The van der Waals surface area contributed by atoms with Crippen molar-refractivity contribution in [3.05, 3.63) is 64.6 Å². The van der Waals surface area contributed by atoms with Gasteiger partial charge in [0.25, 0.3) is 0 Å². The van der Waals surface area contributed by atoms with Gasteiger partial charge in [-0.2, -0.15) is 5.26 Å². The fourth-order valence-corrected chi connectivity index (χ4v) is 4.13. The summed E-state index contributed by atoms with van der Waals surface area (Å²) in [7, 11) is 0. The molecule has 0 atom stereocenters. The molecule has 2 aliphatic rings. The van der Waals surface area contributed by atoms with Gasteiger partial charge in [-0.05, 0) is 90.9 Å². The number of piperidine rings is 1. The monoisotopic (exact) mass is 384 g/mol. The zero-order chi connectivity index (χ0) is 20.2. The highest BCUT2D eigenvalue weighted by Gasteiger charge is 2.24. The first-order valence-electron chi connectivity index (χ1n) is 10.4. The first-order chi connectivity index (χ1) is 14.2. The third-order valence-corrected chi connectivity index (χ3v) is 5.84. The van der Waals surface area contributed by atoms with Crippen LogP contribution in [0, 0.1) is 11.3 Å². The predicted octanol–water partition coefficient (Wildman–Crippen LogP) is 2.93. The van der Waals surface area contributed by atoms with Crippen molar-refractivity contribution in [2.24, 2.45) is 5.73 Å². The molecule has 148 valence electrons. The maximum Gasteiger partial charge on any atom is 0.0991 e. The summed E-state index contributed by atoms with van der Waals surface area (Å²) < 4.78 is 0. The standard InChI is InChI=1S/C25H28N4/c1-2-3-19-12-22(21-11-17(15-26)10-20(13-21)18-4-5-18)14-25(24(19)16-27)29-23-6-8-28-9-7-23/h2-3,10-14,16,18,23,28-29H,1,4-9,27H2/b19-3-,24-16+. The quantitative estimate of drug-likeness (QED) is 0.741. The van der Waals surface area contributed by atoms with E-state index >= 15 is 0 Å². The van der Waals surface area contributed by atoms with E-state index in [1.54, 1.807) is 12.3 Å². The smallest absolute Gasteiger partial charge is 0.0991 e. The molecule has 2 aromatic rings. The zero-order valence-corrected chi connectivity index (χ0v) is 16.7. The molecule has 1 saturated heterocycles. The minimum atomic E-state index is 0.425. The molecule has 0 radical (unpaired) electrons. The Morgan fingerprint density at radius 3 is 2.48 bits per heavy atom. The highest BCUT2D eigenvalue weighted by molar-refractivity contribution is 5.72. The van der Waals surface area contributed by atoms with E-state index in [4.69, 9.17) is 5.73 Å². The molecule has 0 aromatic heterocycles. The Morgan fingerprint density at radius 1 is 1.07 bits per heavy atom. The summed E-state index contributed by atoms with van der Waals surface area (Å²) in [5, 5.41) is 18.7. The Bertz CT molecular complexity index is 1070. The van der Waals surface area contributed by atoms with E-state index in [-0.39, 0.29) is 0 Å². The average molecular weight is 385 g/mol. The molecule has 1 aliphatic heterocycles. The van der Waals surface area contributed by atoms with E-state index in [0.717, 1.165) is 58.7 Å². The Labute approximate surface area is 172 Å². The van der Waals surface area contributed by atoms with E-state index in [1.165, 1.54) is 18.4 Å². The molecule has 29 heavy (non-hydrogen) atoms. The number of anilines is 1. The Morgan fingerprint density at radius 2 is 1.83 bits per heavy atom. The van der Waals surface area contributed by atoms with Gasteiger partial charge in [0.15, 0.2) is 0 Å². The van der Waals surface area contributed by atoms with Crippen molar-refractivity contribution >= 4 is 18.0 Å². The van der Waals surface area contributed by atoms with Gasteiger partial charge < -0.3 is 16.4 Å². The summed E-state index contributed by atoms with van der Waals surface area (Å²) in [5.41, 5.74) is 11.2. The van der Waals surface area contributed by atoms with Crippen molar-refractivity contribution in [2.75, 3.05) is 18.4 Å². The summed E-state index contributed by atoms with van der Waals surface area (Å²) in [6, 6.07) is 13.3. The summed E-state index contributed by atoms with van der Waals surface area (Å²) in [5.74, 6) is 0.602. The van der Waals surface area contributed by atoms with Gasteiger partial charge in [0.1, 0.15) is 0 Å². The normalized spacial score (nSPS) is 18.4. The van der Waals surface area contributed by atoms with Crippen molar-refractivity contribution in [1.29, 1.82) is 5.26 Å². The predicted molar refractivity (Wildman–Crippen MR) is 121 cm³/mol. The lowest BCUT2D eigenvalue weighted by Gasteiger charge is -2.25. The highest BCUT2D eigenvalue weighted by atomic mass is 15.0. The van der Waals surface area contributed by atoms with Crippen LogP contribution in [0.2, 0.25) is 0 Å². The van der Waals surface area contributed by atoms with Crippen molar-refractivity contribution < 1.29 is 0 Å². The zero-order valence-electron chi connectivity index (χ0n) is 16.7. The van der Waals surface area contributed by atoms with Gasteiger partial charge in [-0.25, -0.2) is 0 Å². The number of nitrogens with zero attached hydrogens (tertiary/aromatic N) is 1. The summed E-state index contributed by atoms with van der Waals surface area (Å²) >= 11 is 0. The molecule has 0 bridgehead atoms. The molecule has 4 heteroatoms. The minimum absolute atomic E-state index is 0.425. The van der Waals surface area contributed by atoms with Crippen LogP contribution in [0.25, 0.3) is 23.4 Å². The number of hydrogen-bond acceptors (Lipinski definition) is 4. The largest absolute Gasteiger partial charge is 0.404 e. The van der Waals surface area contributed by atoms with Gasteiger partial charge in [0.05, 0.1) is 11.6 Å². The first-order valence-corrected chi connectivity index (χ1v) is 10.4. The number of allylic oxidation sites excluding steroid dienone is 1. The Kier molecular flexibility index (Phi) is 5.69. The van der Waals surface area contributed by atoms with Crippen molar-refractivity contribution in [3.63, 3.8) is 0 Å². The maximum absolute atomic E-state index is 9.52. The van der Waals surface area contributed by atoms with Crippen LogP contribution >= 0.6 is 0 Å². The second-order valence-corrected chi connectivity index (χ2v) is 7.99. The number of benzene rings is 2. The second kappa shape index (κ2) is 8.55. The minimum Gasteiger partial charge on any atom is -0.404 e. The van der Waals surface area contributed by atoms with Gasteiger partial charge in [-0.15, -0.1) is 0 Å². The molecule has 0 unspecified atom stereocenters. The SMILES string of the molecule is C=C/C=c1/cc(-c2cc(C#N)cc(C3CC3)c2)cc(NC2CCNCC2)/c1=C/N. The highest BCUT2D eigenvalue weighted by Crippen LogP contribution is 2.41. The van der Waals surface area contributed by atoms with E-state index in [2.05, 4.69) is 41.5 Å². The van der Waals surface area contributed by atoms with Gasteiger partial charge in [0, 0.05) is 23.1 Å². The Balaban J connectivity index is 1.83. The molecule has 2 aromatic carbocycles. The van der Waals surface area contributed by atoms with Crippen LogP contribution in [0.5, 0.6) is 0 Å². The third kappa shape index (κ3) is 4.36. The third-order valence-electron chi connectivity index (χ3n) is 5.84. The van der Waals surface area contributed by atoms with Crippen molar-refractivity contribution in [2.45, 2.75) is 37.6 Å². The fraction of sp³-hybridized carbons (Fsp3) is 0.320. The van der Waals surface area contributed by atoms with Crippen molar-refractivity contribution in [1.82, 2.24) is 5.32 Å². The second-order valence-electron chi connectivity index (χ2n) is 7.99. The van der Waals surface area contributed by atoms with E-state index < -0.39 is 0 Å². The van der Waals surface area contributed by atoms with Crippen LogP contribution in [-0.2, 0) is 0 Å². The number of nitrogens with two attached hydrogens (primary N) is 1. The van der Waals surface area contributed by atoms with Crippen LogP contribution in [0.1, 0.15) is 42.7 Å². The number of rotatable bonds is 5. The lowest BCUT2D eigenvalue weighted by Crippen LogP contribution is -2.38. The van der Waals surface area contributed by atoms with E-state index in [9.17, 15) is 5.26 Å². The lowest BCUT2D eigenvalue weighted by atomic mass is 9.96. The van der Waals surface area contributed by atoms with Gasteiger partial charge in [0.2, 0.25) is 0 Å². The average Bonchev–Trinajstić information content (AvgIpc) is 3.60. The molecule has 2 fully saturated rings. The molecular formula is C25H28N4. The lowest BCUT2D eigenvalue weighted by molar-refractivity contribution is 0.479. The van der Waals surface area contributed by atoms with Crippen LogP contribution < -0.4 is 26.8 Å². The summed E-state index contributed by atoms with van der Waals surface area (Å²) in [4.78, 5) is 0. The summed E-state index contributed by atoms with van der Waals surface area (Å²) in [6.07, 6.45) is 10.1. The molecule has 4 nitrogen and oxygen atoms in total. The number of nitriles is 1. The number of nitrogens with one attached hydrogen (secondary N) is 2. The van der Waals surface area contributed by atoms with Crippen LogP contribution in [0.3, 0.4) is 0 Å². The molecule has 1 saturated carbocycles. The fourth-order valence-electron chi connectivity index (χ4n) is 4.13.